The van der Waals surface area contributed by atoms with E-state index >= 15 is 0 Å². The van der Waals surface area contributed by atoms with Crippen LogP contribution in [0, 0.1) is 5.92 Å². The minimum absolute atomic E-state index is 0.0516. The molecule has 126 valence electrons. The fourth-order valence-electron chi connectivity index (χ4n) is 2.72. The van der Waals surface area contributed by atoms with Crippen molar-refractivity contribution >= 4 is 23.5 Å². The number of nitrogens with one attached hydrogen (secondary N) is 1. The van der Waals surface area contributed by atoms with Crippen LogP contribution in [-0.2, 0) is 4.79 Å². The predicted molar refractivity (Wildman–Crippen MR) is 85.1 cm³/mol. The first-order chi connectivity index (χ1) is 10.9. The van der Waals surface area contributed by atoms with E-state index in [9.17, 15) is 14.7 Å². The van der Waals surface area contributed by atoms with Crippen LogP contribution in [0.4, 0.5) is 0 Å². The molecule has 0 spiro atoms. The van der Waals surface area contributed by atoms with Gasteiger partial charge in [-0.2, -0.15) is 0 Å². The minimum atomic E-state index is -0.776. The number of amides is 1. The summed E-state index contributed by atoms with van der Waals surface area (Å²) in [5.74, 6) is -1.43. The molecule has 0 heterocycles. The average molecular weight is 342 g/mol. The number of aliphatic carboxylic acids is 1. The molecule has 1 fully saturated rings. The maximum atomic E-state index is 12.3. The number of carbonyl (C=O) groups is 2. The standard InChI is InChI=1S/C16H20ClNO5/c1-2-23-13-8-10(7-12(17)14(13)19)15(20)18-11-5-3-9(4-6-11)16(21)22/h7-9,11,19H,2-6H2,1H3,(H,18,20)(H,21,22). The smallest absolute Gasteiger partial charge is 0.306 e. The molecular formula is C16H20ClNO5. The predicted octanol–water partition coefficient (Wildman–Crippen LogP) is 2.82. The Kier molecular flexibility index (Phi) is 5.71. The van der Waals surface area contributed by atoms with Crippen LogP contribution in [0.5, 0.6) is 11.5 Å². The van der Waals surface area contributed by atoms with Gasteiger partial charge in [0.05, 0.1) is 17.5 Å². The third-order valence-electron chi connectivity index (χ3n) is 4.00. The van der Waals surface area contributed by atoms with E-state index in [-0.39, 0.29) is 34.4 Å². The van der Waals surface area contributed by atoms with Crippen LogP contribution in [0.15, 0.2) is 12.1 Å². The third-order valence-corrected chi connectivity index (χ3v) is 4.29. The Morgan fingerprint density at radius 2 is 1.96 bits per heavy atom. The van der Waals surface area contributed by atoms with Crippen LogP contribution in [0.3, 0.4) is 0 Å². The topological polar surface area (TPSA) is 95.9 Å². The normalized spacial score (nSPS) is 20.8. The number of hydrogen-bond donors (Lipinski definition) is 3. The monoisotopic (exact) mass is 341 g/mol. The van der Waals surface area contributed by atoms with Crippen molar-refractivity contribution in [3.05, 3.63) is 22.7 Å². The molecule has 0 aliphatic heterocycles. The molecule has 2 rings (SSSR count). The lowest BCUT2D eigenvalue weighted by Crippen LogP contribution is -2.38. The second kappa shape index (κ2) is 7.55. The Labute approximate surface area is 139 Å². The van der Waals surface area contributed by atoms with Gasteiger partial charge in [0.1, 0.15) is 0 Å². The zero-order valence-electron chi connectivity index (χ0n) is 12.8. The SMILES string of the molecule is CCOc1cc(C(=O)NC2CCC(C(=O)O)CC2)cc(Cl)c1O. The third kappa shape index (κ3) is 4.28. The molecule has 1 aliphatic rings. The quantitative estimate of drug-likeness (QED) is 0.765. The number of rotatable bonds is 5. The van der Waals surface area contributed by atoms with E-state index in [4.69, 9.17) is 21.4 Å². The fourth-order valence-corrected chi connectivity index (χ4v) is 2.93. The van der Waals surface area contributed by atoms with Gasteiger partial charge < -0.3 is 20.3 Å². The Morgan fingerprint density at radius 3 is 2.52 bits per heavy atom. The summed E-state index contributed by atoms with van der Waals surface area (Å²) in [6, 6.07) is 2.78. The molecule has 1 saturated carbocycles. The number of carboxylic acid groups (broad SMARTS) is 1. The number of phenolic OH excluding ortho intramolecular Hbond substituents is 1. The van der Waals surface area contributed by atoms with Crippen molar-refractivity contribution in [2.45, 2.75) is 38.6 Å². The fraction of sp³-hybridized carbons (Fsp3) is 0.500. The van der Waals surface area contributed by atoms with Gasteiger partial charge in [-0.3, -0.25) is 9.59 Å². The van der Waals surface area contributed by atoms with Gasteiger partial charge in [-0.15, -0.1) is 0 Å². The highest BCUT2D eigenvalue weighted by Crippen LogP contribution is 2.35. The first-order valence-corrected chi connectivity index (χ1v) is 7.99. The minimum Gasteiger partial charge on any atom is -0.503 e. The lowest BCUT2D eigenvalue weighted by atomic mass is 9.86. The summed E-state index contributed by atoms with van der Waals surface area (Å²) >= 11 is 5.92. The number of carboxylic acids is 1. The van der Waals surface area contributed by atoms with Gasteiger partial charge in [0.25, 0.3) is 5.91 Å². The highest BCUT2D eigenvalue weighted by Gasteiger charge is 2.27. The summed E-state index contributed by atoms with van der Waals surface area (Å²) in [6.07, 6.45) is 2.38. The molecule has 0 aromatic heterocycles. The molecule has 0 radical (unpaired) electrons. The van der Waals surface area contributed by atoms with Crippen LogP contribution < -0.4 is 10.1 Å². The van der Waals surface area contributed by atoms with E-state index in [2.05, 4.69) is 5.32 Å². The average Bonchev–Trinajstić information content (AvgIpc) is 2.52. The summed E-state index contributed by atoms with van der Waals surface area (Å²) in [4.78, 5) is 23.3. The van der Waals surface area contributed by atoms with E-state index in [0.717, 1.165) is 0 Å². The zero-order valence-corrected chi connectivity index (χ0v) is 13.6. The Morgan fingerprint density at radius 1 is 1.30 bits per heavy atom. The van der Waals surface area contributed by atoms with Crippen molar-refractivity contribution in [2.75, 3.05) is 6.61 Å². The number of hydrogen-bond acceptors (Lipinski definition) is 4. The number of ether oxygens (including phenoxy) is 1. The molecule has 0 bridgehead atoms. The van der Waals surface area contributed by atoms with E-state index in [1.54, 1.807) is 6.92 Å². The summed E-state index contributed by atoms with van der Waals surface area (Å²) < 4.78 is 5.26. The van der Waals surface area contributed by atoms with Gasteiger partial charge >= 0.3 is 5.97 Å². The lowest BCUT2D eigenvalue weighted by molar-refractivity contribution is -0.142. The summed E-state index contributed by atoms with van der Waals surface area (Å²) in [5.41, 5.74) is 0.302. The van der Waals surface area contributed by atoms with Crippen LogP contribution in [0.25, 0.3) is 0 Å². The first kappa shape index (κ1) is 17.4. The highest BCUT2D eigenvalue weighted by molar-refractivity contribution is 6.32. The zero-order chi connectivity index (χ0) is 17.0. The molecule has 3 N–H and O–H groups in total. The number of aromatic hydroxyl groups is 1. The molecule has 1 aliphatic carbocycles. The molecule has 0 saturated heterocycles. The van der Waals surface area contributed by atoms with Gasteiger partial charge in [-0.25, -0.2) is 0 Å². The first-order valence-electron chi connectivity index (χ1n) is 7.61. The van der Waals surface area contributed by atoms with Crippen molar-refractivity contribution in [3.63, 3.8) is 0 Å². The molecule has 1 aromatic rings. The Balaban J connectivity index is 2.02. The summed E-state index contributed by atoms with van der Waals surface area (Å²) in [7, 11) is 0. The van der Waals surface area contributed by atoms with Crippen LogP contribution in [-0.4, -0.2) is 34.7 Å². The van der Waals surface area contributed by atoms with Crippen LogP contribution in [0.1, 0.15) is 43.0 Å². The van der Waals surface area contributed by atoms with Crippen molar-refractivity contribution in [1.29, 1.82) is 0 Å². The second-order valence-electron chi connectivity index (χ2n) is 5.60. The largest absolute Gasteiger partial charge is 0.503 e. The molecule has 1 amide bonds. The Bertz CT molecular complexity index is 596. The maximum absolute atomic E-state index is 12.3. The van der Waals surface area contributed by atoms with Gasteiger partial charge in [0.15, 0.2) is 11.5 Å². The molecular weight excluding hydrogens is 322 g/mol. The number of phenols is 1. The van der Waals surface area contributed by atoms with Gasteiger partial charge in [0, 0.05) is 11.6 Å². The molecule has 0 unspecified atom stereocenters. The maximum Gasteiger partial charge on any atom is 0.306 e. The Hall–Kier alpha value is -1.95. The van der Waals surface area contributed by atoms with Gasteiger partial charge in [-0.1, -0.05) is 11.6 Å². The number of halogens is 1. The van der Waals surface area contributed by atoms with Crippen molar-refractivity contribution in [3.8, 4) is 11.5 Å². The van der Waals surface area contributed by atoms with Gasteiger partial charge in [-0.05, 0) is 44.7 Å². The van der Waals surface area contributed by atoms with E-state index in [1.165, 1.54) is 12.1 Å². The van der Waals surface area contributed by atoms with Crippen molar-refractivity contribution in [1.82, 2.24) is 5.32 Å². The second-order valence-corrected chi connectivity index (χ2v) is 6.01. The van der Waals surface area contributed by atoms with Crippen LogP contribution in [0.2, 0.25) is 5.02 Å². The van der Waals surface area contributed by atoms with Crippen LogP contribution >= 0.6 is 11.6 Å². The van der Waals surface area contributed by atoms with E-state index in [0.29, 0.717) is 37.9 Å². The van der Waals surface area contributed by atoms with Crippen molar-refractivity contribution < 1.29 is 24.5 Å². The van der Waals surface area contributed by atoms with Crippen molar-refractivity contribution in [2.24, 2.45) is 5.92 Å². The molecule has 7 heteroatoms. The summed E-state index contributed by atoms with van der Waals surface area (Å²) in [5, 5.41) is 21.7. The summed E-state index contributed by atoms with van der Waals surface area (Å²) in [6.45, 7) is 2.11. The molecule has 1 aromatic carbocycles. The van der Waals surface area contributed by atoms with E-state index < -0.39 is 5.97 Å². The number of carbonyl (C=O) groups excluding carboxylic acids is 1. The molecule has 23 heavy (non-hydrogen) atoms. The molecule has 6 nitrogen and oxygen atoms in total. The lowest BCUT2D eigenvalue weighted by Gasteiger charge is -2.26. The molecule has 0 atom stereocenters. The van der Waals surface area contributed by atoms with E-state index in [1.807, 2.05) is 0 Å². The highest BCUT2D eigenvalue weighted by atomic mass is 35.5. The number of benzene rings is 1. The van der Waals surface area contributed by atoms with Gasteiger partial charge in [0.2, 0.25) is 0 Å².